The Morgan fingerprint density at radius 1 is 1.38 bits per heavy atom. The highest BCUT2D eigenvalue weighted by Crippen LogP contribution is 2.54. The van der Waals surface area contributed by atoms with Crippen molar-refractivity contribution in [2.45, 2.75) is 77.2 Å². The summed E-state index contributed by atoms with van der Waals surface area (Å²) in [6.45, 7) is 7.06. The van der Waals surface area contributed by atoms with Gasteiger partial charge >= 0.3 is 5.97 Å². The maximum Gasteiger partial charge on any atom is 0.311 e. The molecule has 2 unspecified atom stereocenters. The van der Waals surface area contributed by atoms with Crippen LogP contribution in [0.25, 0.3) is 0 Å². The van der Waals surface area contributed by atoms with E-state index >= 15 is 0 Å². The molecule has 7 nitrogen and oxygen atoms in total. The van der Waals surface area contributed by atoms with Crippen LogP contribution in [0, 0.1) is 16.0 Å². The molecule has 176 valence electrons. The molecule has 9 heteroatoms. The molecule has 1 aromatic rings. The van der Waals surface area contributed by atoms with E-state index in [1.807, 2.05) is 20.8 Å². The summed E-state index contributed by atoms with van der Waals surface area (Å²) < 4.78 is 40.9. The molecule has 1 aliphatic carbocycles. The van der Waals surface area contributed by atoms with E-state index in [0.29, 0.717) is 11.3 Å². The number of rotatable bonds is 8. The molecule has 0 fully saturated rings. The second-order valence-corrected chi connectivity index (χ2v) is 8.97. The molecule has 32 heavy (non-hydrogen) atoms. The highest BCUT2D eigenvalue weighted by atomic mass is 19.3. The van der Waals surface area contributed by atoms with Crippen LogP contribution in [0.5, 0.6) is 11.5 Å². The van der Waals surface area contributed by atoms with Crippen molar-refractivity contribution >= 4 is 5.97 Å². The SMILES string of the molecule is CCC(F)(F)c1cc(OC(=O)CCCO[N+](=O)[O-])c2c(c1)OC(C)(C)C1CCC(C)=CC21. The molecular formula is C23H29F2NO6. The second kappa shape index (κ2) is 9.03. The molecular weight excluding hydrogens is 424 g/mol. The number of carbonyl (C=O) groups is 1. The third-order valence-electron chi connectivity index (χ3n) is 6.26. The Morgan fingerprint density at radius 2 is 2.09 bits per heavy atom. The van der Waals surface area contributed by atoms with Gasteiger partial charge in [0, 0.05) is 35.8 Å². The lowest BCUT2D eigenvalue weighted by atomic mass is 9.68. The summed E-state index contributed by atoms with van der Waals surface area (Å²) in [6.07, 6.45) is 3.41. The predicted octanol–water partition coefficient (Wildman–Crippen LogP) is 5.69. The number of allylic oxidation sites excluding steroid dienone is 2. The van der Waals surface area contributed by atoms with Crippen LogP contribution in [-0.4, -0.2) is 23.3 Å². The highest BCUT2D eigenvalue weighted by Gasteiger charge is 2.46. The van der Waals surface area contributed by atoms with Crippen molar-refractivity contribution < 1.29 is 33.0 Å². The lowest BCUT2D eigenvalue weighted by Crippen LogP contribution is -2.45. The van der Waals surface area contributed by atoms with E-state index in [9.17, 15) is 23.7 Å². The molecule has 0 saturated heterocycles. The normalized spacial score (nSPS) is 21.5. The van der Waals surface area contributed by atoms with Gasteiger partial charge in [0.2, 0.25) is 0 Å². The van der Waals surface area contributed by atoms with Gasteiger partial charge in [0.05, 0.1) is 6.61 Å². The van der Waals surface area contributed by atoms with Gasteiger partial charge in [-0.05, 0) is 52.2 Å². The summed E-state index contributed by atoms with van der Waals surface area (Å²) in [5.41, 5.74) is 0.936. The van der Waals surface area contributed by atoms with Gasteiger partial charge in [-0.1, -0.05) is 18.6 Å². The number of nitrogens with zero attached hydrogens (tertiary/aromatic N) is 1. The van der Waals surface area contributed by atoms with Crippen LogP contribution in [-0.2, 0) is 15.6 Å². The first-order valence-corrected chi connectivity index (χ1v) is 10.8. The van der Waals surface area contributed by atoms with Crippen LogP contribution in [0.4, 0.5) is 8.78 Å². The number of fused-ring (bicyclic) bond motifs is 3. The predicted molar refractivity (Wildman–Crippen MR) is 112 cm³/mol. The van der Waals surface area contributed by atoms with Crippen LogP contribution < -0.4 is 9.47 Å². The van der Waals surface area contributed by atoms with Crippen molar-refractivity contribution in [3.8, 4) is 11.5 Å². The average molecular weight is 453 g/mol. The minimum Gasteiger partial charge on any atom is -0.487 e. The van der Waals surface area contributed by atoms with Crippen molar-refractivity contribution in [3.05, 3.63) is 45.0 Å². The third kappa shape index (κ3) is 5.02. The zero-order chi connectivity index (χ0) is 23.7. The highest BCUT2D eigenvalue weighted by molar-refractivity contribution is 5.74. The number of carbonyl (C=O) groups excluding carboxylic acids is 1. The van der Waals surface area contributed by atoms with Crippen LogP contribution in [0.1, 0.15) is 76.8 Å². The Kier molecular flexibility index (Phi) is 6.76. The zero-order valence-electron chi connectivity index (χ0n) is 18.8. The van der Waals surface area contributed by atoms with E-state index in [1.165, 1.54) is 24.6 Å². The van der Waals surface area contributed by atoms with Crippen molar-refractivity contribution in [3.63, 3.8) is 0 Å². The molecule has 0 amide bonds. The lowest BCUT2D eigenvalue weighted by molar-refractivity contribution is -0.757. The van der Waals surface area contributed by atoms with E-state index in [2.05, 4.69) is 10.9 Å². The summed E-state index contributed by atoms with van der Waals surface area (Å²) in [5, 5.41) is 9.31. The van der Waals surface area contributed by atoms with E-state index in [4.69, 9.17) is 9.47 Å². The lowest BCUT2D eigenvalue weighted by Gasteiger charge is -2.46. The first-order valence-electron chi connectivity index (χ1n) is 10.8. The summed E-state index contributed by atoms with van der Waals surface area (Å²) >= 11 is 0. The molecule has 3 rings (SSSR count). The minimum absolute atomic E-state index is 0.0577. The van der Waals surface area contributed by atoms with Crippen molar-refractivity contribution in [1.82, 2.24) is 0 Å². The van der Waals surface area contributed by atoms with Crippen LogP contribution in [0.3, 0.4) is 0 Å². The van der Waals surface area contributed by atoms with E-state index < -0.39 is 29.0 Å². The largest absolute Gasteiger partial charge is 0.487 e. The molecule has 1 heterocycles. The average Bonchev–Trinajstić information content (AvgIpc) is 2.70. The van der Waals surface area contributed by atoms with Gasteiger partial charge in [0.15, 0.2) is 0 Å². The number of halogens is 2. The summed E-state index contributed by atoms with van der Waals surface area (Å²) in [4.78, 5) is 26.9. The van der Waals surface area contributed by atoms with Gasteiger partial charge in [0.25, 0.3) is 11.0 Å². The number of alkyl halides is 2. The third-order valence-corrected chi connectivity index (χ3v) is 6.26. The Bertz CT molecular complexity index is 927. The van der Waals surface area contributed by atoms with Crippen LogP contribution in [0.2, 0.25) is 0 Å². The van der Waals surface area contributed by atoms with Gasteiger partial charge in [-0.15, -0.1) is 10.1 Å². The number of ether oxygens (including phenoxy) is 2. The van der Waals surface area contributed by atoms with Gasteiger partial charge < -0.3 is 14.3 Å². The Hall–Kier alpha value is -2.71. The fraction of sp³-hybridized carbons (Fsp3) is 0.609. The fourth-order valence-corrected chi connectivity index (χ4v) is 4.54. The van der Waals surface area contributed by atoms with Crippen molar-refractivity contribution in [2.75, 3.05) is 6.61 Å². The van der Waals surface area contributed by atoms with E-state index in [0.717, 1.165) is 12.8 Å². The molecule has 1 aromatic carbocycles. The van der Waals surface area contributed by atoms with Gasteiger partial charge in [0.1, 0.15) is 17.1 Å². The number of hydrogen-bond donors (Lipinski definition) is 0. The topological polar surface area (TPSA) is 87.9 Å². The first kappa shape index (κ1) is 23.9. The summed E-state index contributed by atoms with van der Waals surface area (Å²) in [7, 11) is 0. The summed E-state index contributed by atoms with van der Waals surface area (Å²) in [6, 6.07) is 2.58. The quantitative estimate of drug-likeness (QED) is 0.125. The first-order chi connectivity index (χ1) is 14.9. The van der Waals surface area contributed by atoms with Gasteiger partial charge in [-0.25, -0.2) is 8.78 Å². The van der Waals surface area contributed by atoms with Crippen molar-refractivity contribution in [2.24, 2.45) is 5.92 Å². The minimum atomic E-state index is -3.11. The molecule has 1 aliphatic heterocycles. The fourth-order valence-electron chi connectivity index (χ4n) is 4.54. The maximum atomic E-state index is 14.6. The molecule has 2 aliphatic rings. The molecule has 2 atom stereocenters. The number of esters is 1. The molecule has 0 bridgehead atoms. The van der Waals surface area contributed by atoms with E-state index in [-0.39, 0.29) is 42.6 Å². The van der Waals surface area contributed by atoms with Crippen LogP contribution in [0.15, 0.2) is 23.8 Å². The maximum absolute atomic E-state index is 14.6. The van der Waals surface area contributed by atoms with Crippen LogP contribution >= 0.6 is 0 Å². The molecule has 0 saturated carbocycles. The second-order valence-electron chi connectivity index (χ2n) is 8.97. The smallest absolute Gasteiger partial charge is 0.311 e. The molecule has 0 radical (unpaired) electrons. The Morgan fingerprint density at radius 3 is 2.75 bits per heavy atom. The molecule has 0 aromatic heterocycles. The Labute approximate surface area is 185 Å². The number of benzene rings is 1. The molecule has 0 N–H and O–H groups in total. The van der Waals surface area contributed by atoms with Crippen molar-refractivity contribution in [1.29, 1.82) is 0 Å². The van der Waals surface area contributed by atoms with Gasteiger partial charge in [-0.3, -0.25) is 4.79 Å². The molecule has 0 spiro atoms. The van der Waals surface area contributed by atoms with Gasteiger partial charge in [-0.2, -0.15) is 0 Å². The summed E-state index contributed by atoms with van der Waals surface area (Å²) in [5.74, 6) is -3.46. The standard InChI is InChI=1S/C23H29F2NO6/c1-5-23(24,25)15-12-18(31-20(27)7-6-10-30-26(28)29)21-16-11-14(2)8-9-17(16)22(3,4)32-19(21)13-15/h11-13,16-17H,5-10H2,1-4H3. The Balaban J connectivity index is 2.00. The zero-order valence-corrected chi connectivity index (χ0v) is 18.8. The monoisotopic (exact) mass is 453 g/mol. The van der Waals surface area contributed by atoms with E-state index in [1.54, 1.807) is 0 Å². The number of hydrogen-bond acceptors (Lipinski definition) is 6.